The van der Waals surface area contributed by atoms with Crippen molar-refractivity contribution in [3.05, 3.63) is 47.2 Å². The number of halogens is 1. The molecule has 0 aliphatic heterocycles. The number of carbonyl (C=O) groups is 1. The van der Waals surface area contributed by atoms with E-state index in [0.29, 0.717) is 21.7 Å². The SMILES string of the molecule is Cc1ccc(NC(=O)CSc2nnc(-c3ccco3)o2)cc1Cl. The van der Waals surface area contributed by atoms with Gasteiger partial charge in [-0.1, -0.05) is 29.4 Å². The summed E-state index contributed by atoms with van der Waals surface area (Å²) in [4.78, 5) is 11.9. The van der Waals surface area contributed by atoms with Crippen molar-refractivity contribution in [1.82, 2.24) is 10.2 Å². The van der Waals surface area contributed by atoms with E-state index in [-0.39, 0.29) is 17.6 Å². The van der Waals surface area contributed by atoms with Crippen molar-refractivity contribution in [2.24, 2.45) is 0 Å². The number of carbonyl (C=O) groups excluding carboxylic acids is 1. The van der Waals surface area contributed by atoms with E-state index >= 15 is 0 Å². The fraction of sp³-hybridized carbons (Fsp3) is 0.133. The van der Waals surface area contributed by atoms with E-state index in [2.05, 4.69) is 15.5 Å². The minimum absolute atomic E-state index is 0.144. The number of aryl methyl sites for hydroxylation is 1. The van der Waals surface area contributed by atoms with Gasteiger partial charge in [0.1, 0.15) is 0 Å². The third-order valence-corrected chi connectivity index (χ3v) is 4.15. The summed E-state index contributed by atoms with van der Waals surface area (Å²) in [6, 6.07) is 8.80. The Hall–Kier alpha value is -2.25. The van der Waals surface area contributed by atoms with Crippen LogP contribution in [0, 0.1) is 6.92 Å². The maximum atomic E-state index is 11.9. The number of hydrogen-bond donors (Lipinski definition) is 1. The number of nitrogens with one attached hydrogen (secondary N) is 1. The minimum atomic E-state index is -0.187. The monoisotopic (exact) mass is 349 g/mol. The molecule has 8 heteroatoms. The van der Waals surface area contributed by atoms with Gasteiger partial charge in [-0.2, -0.15) is 0 Å². The second kappa shape index (κ2) is 6.89. The molecule has 2 heterocycles. The van der Waals surface area contributed by atoms with E-state index in [9.17, 15) is 4.79 Å². The van der Waals surface area contributed by atoms with Crippen LogP contribution in [0.5, 0.6) is 0 Å². The Balaban J connectivity index is 1.55. The molecule has 0 radical (unpaired) electrons. The molecule has 3 rings (SSSR count). The Morgan fingerprint density at radius 2 is 2.22 bits per heavy atom. The van der Waals surface area contributed by atoms with Gasteiger partial charge < -0.3 is 14.2 Å². The summed E-state index contributed by atoms with van der Waals surface area (Å²) in [5, 5.41) is 11.4. The first-order valence-corrected chi connectivity index (χ1v) is 8.04. The highest BCUT2D eigenvalue weighted by atomic mass is 35.5. The first-order chi connectivity index (χ1) is 11.1. The van der Waals surface area contributed by atoms with Gasteiger partial charge >= 0.3 is 0 Å². The Kier molecular flexibility index (Phi) is 4.68. The molecule has 3 aromatic rings. The number of amides is 1. The van der Waals surface area contributed by atoms with Crippen LogP contribution in [0.4, 0.5) is 5.69 Å². The summed E-state index contributed by atoms with van der Waals surface area (Å²) < 4.78 is 10.6. The number of nitrogens with zero attached hydrogens (tertiary/aromatic N) is 2. The van der Waals surface area contributed by atoms with Gasteiger partial charge in [0.2, 0.25) is 5.91 Å². The molecule has 2 aromatic heterocycles. The molecule has 1 N–H and O–H groups in total. The number of rotatable bonds is 5. The largest absolute Gasteiger partial charge is 0.459 e. The van der Waals surface area contributed by atoms with Crippen LogP contribution < -0.4 is 5.32 Å². The van der Waals surface area contributed by atoms with Gasteiger partial charge in [-0.05, 0) is 36.8 Å². The zero-order valence-electron chi connectivity index (χ0n) is 12.1. The molecule has 0 bridgehead atoms. The number of benzene rings is 1. The molecule has 6 nitrogen and oxygen atoms in total. The van der Waals surface area contributed by atoms with Crippen molar-refractivity contribution >= 4 is 35.0 Å². The van der Waals surface area contributed by atoms with Crippen LogP contribution in [0.2, 0.25) is 5.02 Å². The Morgan fingerprint density at radius 1 is 1.35 bits per heavy atom. The summed E-state index contributed by atoms with van der Waals surface area (Å²) >= 11 is 7.17. The summed E-state index contributed by atoms with van der Waals surface area (Å²) in [5.41, 5.74) is 1.60. The molecule has 0 aliphatic rings. The maximum Gasteiger partial charge on any atom is 0.284 e. The fourth-order valence-corrected chi connectivity index (χ4v) is 2.51. The minimum Gasteiger partial charge on any atom is -0.459 e. The average molecular weight is 350 g/mol. The molecular weight excluding hydrogens is 338 g/mol. The first-order valence-electron chi connectivity index (χ1n) is 6.68. The average Bonchev–Trinajstić information content (AvgIpc) is 3.19. The molecule has 118 valence electrons. The van der Waals surface area contributed by atoms with Gasteiger partial charge in [0.05, 0.1) is 12.0 Å². The van der Waals surface area contributed by atoms with Crippen molar-refractivity contribution in [3.8, 4) is 11.7 Å². The van der Waals surface area contributed by atoms with Crippen LogP contribution in [0.1, 0.15) is 5.56 Å². The van der Waals surface area contributed by atoms with Gasteiger partial charge in [0, 0.05) is 10.7 Å². The van der Waals surface area contributed by atoms with Crippen LogP contribution >= 0.6 is 23.4 Å². The van der Waals surface area contributed by atoms with Crippen LogP contribution in [-0.2, 0) is 4.79 Å². The van der Waals surface area contributed by atoms with E-state index in [1.807, 2.05) is 13.0 Å². The van der Waals surface area contributed by atoms with Crippen LogP contribution in [0.3, 0.4) is 0 Å². The van der Waals surface area contributed by atoms with E-state index in [4.69, 9.17) is 20.4 Å². The zero-order chi connectivity index (χ0) is 16.2. The topological polar surface area (TPSA) is 81.2 Å². The number of thioether (sulfide) groups is 1. The van der Waals surface area contributed by atoms with Gasteiger partial charge in [0.25, 0.3) is 11.1 Å². The van der Waals surface area contributed by atoms with Crippen molar-refractivity contribution in [2.45, 2.75) is 12.1 Å². The van der Waals surface area contributed by atoms with Gasteiger partial charge in [0.15, 0.2) is 5.76 Å². The van der Waals surface area contributed by atoms with Gasteiger partial charge in [-0.3, -0.25) is 4.79 Å². The second-order valence-corrected chi connectivity index (χ2v) is 5.99. The summed E-state index contributed by atoms with van der Waals surface area (Å²) in [7, 11) is 0. The molecule has 1 aromatic carbocycles. The highest BCUT2D eigenvalue weighted by molar-refractivity contribution is 7.99. The standard InChI is InChI=1S/C15H12ClN3O3S/c1-9-4-5-10(7-11(9)16)17-13(20)8-23-15-19-18-14(22-15)12-3-2-6-21-12/h2-7H,8H2,1H3,(H,17,20). The van der Waals surface area contributed by atoms with E-state index in [1.165, 1.54) is 6.26 Å². The molecule has 0 saturated carbocycles. The second-order valence-electron chi connectivity index (χ2n) is 4.65. The van der Waals surface area contributed by atoms with Crippen molar-refractivity contribution in [3.63, 3.8) is 0 Å². The highest BCUT2D eigenvalue weighted by Crippen LogP contribution is 2.24. The van der Waals surface area contributed by atoms with Gasteiger partial charge in [-0.15, -0.1) is 10.2 Å². The highest BCUT2D eigenvalue weighted by Gasteiger charge is 2.13. The smallest absolute Gasteiger partial charge is 0.284 e. The van der Waals surface area contributed by atoms with Crippen molar-refractivity contribution in [2.75, 3.05) is 11.1 Å². The van der Waals surface area contributed by atoms with Gasteiger partial charge in [-0.25, -0.2) is 0 Å². The number of aromatic nitrogens is 2. The Morgan fingerprint density at radius 3 is 2.96 bits per heavy atom. The molecular formula is C15H12ClN3O3S. The van der Waals surface area contributed by atoms with Crippen molar-refractivity contribution in [1.29, 1.82) is 0 Å². The lowest BCUT2D eigenvalue weighted by Crippen LogP contribution is -2.14. The third-order valence-electron chi connectivity index (χ3n) is 2.92. The fourth-order valence-electron chi connectivity index (χ4n) is 1.76. The molecule has 0 saturated heterocycles. The van der Waals surface area contributed by atoms with Crippen LogP contribution in [-0.4, -0.2) is 21.9 Å². The molecule has 0 spiro atoms. The van der Waals surface area contributed by atoms with E-state index in [0.717, 1.165) is 17.3 Å². The zero-order valence-corrected chi connectivity index (χ0v) is 13.6. The lowest BCUT2D eigenvalue weighted by Gasteiger charge is -2.05. The summed E-state index contributed by atoms with van der Waals surface area (Å²) in [6.07, 6.45) is 1.52. The predicted molar refractivity (Wildman–Crippen MR) is 87.5 cm³/mol. The quantitative estimate of drug-likeness (QED) is 0.700. The summed E-state index contributed by atoms with van der Waals surface area (Å²) in [6.45, 7) is 1.90. The number of anilines is 1. The van der Waals surface area contributed by atoms with Crippen LogP contribution in [0.15, 0.2) is 50.7 Å². The first kappa shape index (κ1) is 15.6. The number of hydrogen-bond acceptors (Lipinski definition) is 6. The lowest BCUT2D eigenvalue weighted by atomic mass is 10.2. The third kappa shape index (κ3) is 3.94. The molecule has 0 unspecified atom stereocenters. The maximum absolute atomic E-state index is 11.9. The molecule has 1 amide bonds. The molecule has 23 heavy (non-hydrogen) atoms. The molecule has 0 atom stereocenters. The van der Waals surface area contributed by atoms with Crippen molar-refractivity contribution < 1.29 is 13.6 Å². The van der Waals surface area contributed by atoms with E-state index in [1.54, 1.807) is 24.3 Å². The Labute approximate surface area is 141 Å². The molecule has 0 fully saturated rings. The Bertz CT molecular complexity index is 817. The lowest BCUT2D eigenvalue weighted by molar-refractivity contribution is -0.113. The summed E-state index contributed by atoms with van der Waals surface area (Å²) in [5.74, 6) is 0.727. The number of furan rings is 1. The predicted octanol–water partition coefficient (Wildman–Crippen LogP) is 4.02. The van der Waals surface area contributed by atoms with E-state index < -0.39 is 0 Å². The normalized spacial score (nSPS) is 10.7. The molecule has 0 aliphatic carbocycles. The van der Waals surface area contributed by atoms with Crippen LogP contribution in [0.25, 0.3) is 11.7 Å².